The summed E-state index contributed by atoms with van der Waals surface area (Å²) in [6.07, 6.45) is 7.16. The lowest BCUT2D eigenvalue weighted by Gasteiger charge is -2.32. The predicted molar refractivity (Wildman–Crippen MR) is 61.7 cm³/mol. The first-order valence-electron chi connectivity index (χ1n) is 5.84. The third-order valence-corrected chi connectivity index (χ3v) is 3.23. The summed E-state index contributed by atoms with van der Waals surface area (Å²) in [5, 5.41) is 7.93. The Labute approximate surface area is 98.3 Å². The van der Waals surface area contributed by atoms with Gasteiger partial charge in [0.2, 0.25) is 5.65 Å². The summed E-state index contributed by atoms with van der Waals surface area (Å²) in [5.41, 5.74) is 0.743. The summed E-state index contributed by atoms with van der Waals surface area (Å²) < 4.78 is 14.6. The second-order valence-electron chi connectivity index (χ2n) is 4.42. The molecule has 1 aliphatic heterocycles. The van der Waals surface area contributed by atoms with Gasteiger partial charge in [-0.15, -0.1) is 10.2 Å². The van der Waals surface area contributed by atoms with Crippen molar-refractivity contribution in [1.82, 2.24) is 19.6 Å². The fourth-order valence-electron chi connectivity index (χ4n) is 2.35. The summed E-state index contributed by atoms with van der Waals surface area (Å²) in [6.45, 7) is 1.37. The number of piperidine rings is 1. The van der Waals surface area contributed by atoms with Gasteiger partial charge in [-0.2, -0.15) is 0 Å². The van der Waals surface area contributed by atoms with Crippen LogP contribution < -0.4 is 4.90 Å². The van der Waals surface area contributed by atoms with E-state index in [0.29, 0.717) is 0 Å². The van der Waals surface area contributed by atoms with Gasteiger partial charge in [-0.1, -0.05) is 0 Å². The highest BCUT2D eigenvalue weighted by molar-refractivity contribution is 5.63. The maximum Gasteiger partial charge on any atom is 0.203 e. The largest absolute Gasteiger partial charge is 0.353 e. The molecule has 1 atom stereocenters. The van der Waals surface area contributed by atoms with Gasteiger partial charge < -0.3 is 4.90 Å². The van der Waals surface area contributed by atoms with Crippen molar-refractivity contribution < 1.29 is 4.39 Å². The smallest absolute Gasteiger partial charge is 0.203 e. The summed E-state index contributed by atoms with van der Waals surface area (Å²) in [6, 6.07) is 0. The first-order chi connectivity index (χ1) is 8.38. The van der Waals surface area contributed by atoms with Crippen molar-refractivity contribution in [2.24, 2.45) is 5.92 Å². The summed E-state index contributed by atoms with van der Waals surface area (Å²) >= 11 is 0. The van der Waals surface area contributed by atoms with Crippen LogP contribution in [-0.4, -0.2) is 39.3 Å². The molecule has 2 aromatic heterocycles. The highest BCUT2D eigenvalue weighted by Gasteiger charge is 2.22. The van der Waals surface area contributed by atoms with Crippen molar-refractivity contribution in [1.29, 1.82) is 0 Å². The molecule has 1 aliphatic rings. The van der Waals surface area contributed by atoms with Crippen LogP contribution in [0.3, 0.4) is 0 Å². The number of alkyl halides is 1. The normalized spacial score (nSPS) is 21.0. The lowest BCUT2D eigenvalue weighted by molar-refractivity contribution is 0.315. The highest BCUT2D eigenvalue weighted by atomic mass is 19.1. The summed E-state index contributed by atoms with van der Waals surface area (Å²) in [4.78, 5) is 6.46. The second kappa shape index (κ2) is 4.27. The fourth-order valence-corrected chi connectivity index (χ4v) is 2.35. The van der Waals surface area contributed by atoms with Crippen LogP contribution in [0.15, 0.2) is 18.7 Å². The molecule has 1 unspecified atom stereocenters. The van der Waals surface area contributed by atoms with Crippen molar-refractivity contribution in [3.63, 3.8) is 0 Å². The van der Waals surface area contributed by atoms with Crippen LogP contribution in [0.2, 0.25) is 0 Å². The van der Waals surface area contributed by atoms with E-state index in [1.54, 1.807) is 12.5 Å². The van der Waals surface area contributed by atoms with Crippen molar-refractivity contribution in [3.05, 3.63) is 18.7 Å². The first-order valence-corrected chi connectivity index (χ1v) is 5.84. The summed E-state index contributed by atoms with van der Waals surface area (Å²) in [5.74, 6) is 0.928. The molecule has 5 nitrogen and oxygen atoms in total. The van der Waals surface area contributed by atoms with Crippen molar-refractivity contribution in [3.8, 4) is 0 Å². The van der Waals surface area contributed by atoms with E-state index in [1.807, 2.05) is 10.6 Å². The highest BCUT2D eigenvalue weighted by Crippen LogP contribution is 2.24. The number of nitrogens with zero attached hydrogens (tertiary/aromatic N) is 5. The van der Waals surface area contributed by atoms with E-state index in [4.69, 9.17) is 0 Å². The molecule has 17 heavy (non-hydrogen) atoms. The van der Waals surface area contributed by atoms with E-state index in [0.717, 1.165) is 37.4 Å². The molecule has 0 saturated carbocycles. The molecular formula is C11H14FN5. The molecule has 0 spiro atoms. The fraction of sp³-hybridized carbons (Fsp3) is 0.545. The number of anilines is 1. The average molecular weight is 235 g/mol. The molecule has 3 heterocycles. The van der Waals surface area contributed by atoms with Gasteiger partial charge in [-0.05, 0) is 12.8 Å². The molecule has 2 aromatic rings. The van der Waals surface area contributed by atoms with Crippen LogP contribution in [0.5, 0.6) is 0 Å². The Balaban J connectivity index is 1.94. The number of hydrogen-bond acceptors (Lipinski definition) is 4. The average Bonchev–Trinajstić information content (AvgIpc) is 2.87. The summed E-state index contributed by atoms with van der Waals surface area (Å²) in [7, 11) is 0. The number of hydrogen-bond donors (Lipinski definition) is 0. The van der Waals surface area contributed by atoms with E-state index in [2.05, 4.69) is 20.1 Å². The minimum Gasteiger partial charge on any atom is -0.353 e. The van der Waals surface area contributed by atoms with Gasteiger partial charge in [0.05, 0.1) is 6.67 Å². The molecule has 90 valence electrons. The van der Waals surface area contributed by atoms with E-state index in [-0.39, 0.29) is 12.6 Å². The Morgan fingerprint density at radius 1 is 1.47 bits per heavy atom. The zero-order valence-electron chi connectivity index (χ0n) is 9.46. The van der Waals surface area contributed by atoms with Crippen LogP contribution in [0.25, 0.3) is 5.65 Å². The zero-order chi connectivity index (χ0) is 11.7. The maximum atomic E-state index is 12.7. The van der Waals surface area contributed by atoms with E-state index < -0.39 is 0 Å². The number of rotatable bonds is 2. The zero-order valence-corrected chi connectivity index (χ0v) is 9.46. The molecular weight excluding hydrogens is 221 g/mol. The first kappa shape index (κ1) is 10.4. The Kier molecular flexibility index (Phi) is 2.62. The van der Waals surface area contributed by atoms with Gasteiger partial charge in [0, 0.05) is 31.4 Å². The molecule has 1 fully saturated rings. The SMILES string of the molecule is FCC1CCCN(c2nccn3cnnc23)C1. The van der Waals surface area contributed by atoms with Crippen molar-refractivity contribution in [2.75, 3.05) is 24.7 Å². The van der Waals surface area contributed by atoms with Crippen LogP contribution in [-0.2, 0) is 0 Å². The molecule has 6 heteroatoms. The van der Waals surface area contributed by atoms with Crippen LogP contribution in [0.1, 0.15) is 12.8 Å². The molecule has 3 rings (SSSR count). The third kappa shape index (κ3) is 1.83. The van der Waals surface area contributed by atoms with E-state index >= 15 is 0 Å². The number of fused-ring (bicyclic) bond motifs is 1. The minimum absolute atomic E-state index is 0.119. The van der Waals surface area contributed by atoms with Crippen LogP contribution in [0.4, 0.5) is 10.2 Å². The van der Waals surface area contributed by atoms with Gasteiger partial charge in [0.1, 0.15) is 6.33 Å². The molecule has 0 aliphatic carbocycles. The lowest BCUT2D eigenvalue weighted by atomic mass is 10.00. The monoisotopic (exact) mass is 235 g/mol. The molecule has 0 amide bonds. The molecule has 0 N–H and O–H groups in total. The minimum atomic E-state index is -0.258. The number of aromatic nitrogens is 4. The maximum absolute atomic E-state index is 12.7. The Morgan fingerprint density at radius 2 is 2.41 bits per heavy atom. The third-order valence-electron chi connectivity index (χ3n) is 3.23. The van der Waals surface area contributed by atoms with Crippen LogP contribution >= 0.6 is 0 Å². The van der Waals surface area contributed by atoms with Gasteiger partial charge in [-0.25, -0.2) is 4.98 Å². The quantitative estimate of drug-likeness (QED) is 0.787. The standard InChI is InChI=1S/C11H14FN5/c12-6-9-2-1-4-16(7-9)10-11-15-14-8-17(11)5-3-13-10/h3,5,8-9H,1-2,4,6-7H2. The van der Waals surface area contributed by atoms with Crippen molar-refractivity contribution >= 4 is 11.5 Å². The Bertz CT molecular complexity index is 511. The topological polar surface area (TPSA) is 46.3 Å². The van der Waals surface area contributed by atoms with Gasteiger partial charge in [-0.3, -0.25) is 8.79 Å². The van der Waals surface area contributed by atoms with E-state index in [9.17, 15) is 4.39 Å². The Hall–Kier alpha value is -1.72. The van der Waals surface area contributed by atoms with Gasteiger partial charge in [0.25, 0.3) is 0 Å². The molecule has 0 aromatic carbocycles. The Morgan fingerprint density at radius 3 is 3.29 bits per heavy atom. The van der Waals surface area contributed by atoms with Crippen LogP contribution in [0, 0.1) is 5.92 Å². The van der Waals surface area contributed by atoms with Crippen molar-refractivity contribution in [2.45, 2.75) is 12.8 Å². The molecule has 0 bridgehead atoms. The second-order valence-corrected chi connectivity index (χ2v) is 4.42. The molecule has 0 radical (unpaired) electrons. The van der Waals surface area contributed by atoms with Gasteiger partial charge >= 0.3 is 0 Å². The van der Waals surface area contributed by atoms with E-state index in [1.165, 1.54) is 0 Å². The lowest BCUT2D eigenvalue weighted by Crippen LogP contribution is -2.37. The van der Waals surface area contributed by atoms with Gasteiger partial charge in [0.15, 0.2) is 5.82 Å². The molecule has 1 saturated heterocycles. The predicted octanol–water partition coefficient (Wildman–Crippen LogP) is 1.31. The number of halogens is 1.